The molecule has 5 heteroatoms. The molecule has 0 N–H and O–H groups in total. The van der Waals surface area contributed by atoms with Crippen LogP contribution in [0.2, 0.25) is 0 Å². The lowest BCUT2D eigenvalue weighted by molar-refractivity contribution is 0.201. The lowest BCUT2D eigenvalue weighted by atomic mass is 9.93. The van der Waals surface area contributed by atoms with Crippen LogP contribution in [0.4, 0.5) is 0 Å². The summed E-state index contributed by atoms with van der Waals surface area (Å²) in [7, 11) is 2.04. The molecule has 5 nitrogen and oxygen atoms in total. The van der Waals surface area contributed by atoms with Gasteiger partial charge in [-0.05, 0) is 32.0 Å². The van der Waals surface area contributed by atoms with E-state index in [9.17, 15) is 0 Å². The maximum Gasteiger partial charge on any atom is 0.159 e. The first kappa shape index (κ1) is 16.0. The van der Waals surface area contributed by atoms with Crippen molar-refractivity contribution in [1.82, 2.24) is 24.6 Å². The van der Waals surface area contributed by atoms with Gasteiger partial charge in [0.05, 0.1) is 0 Å². The smallest absolute Gasteiger partial charge is 0.159 e. The molecule has 25 heavy (non-hydrogen) atoms. The molecule has 1 saturated heterocycles. The topological polar surface area (TPSA) is 46.8 Å². The number of hydrogen-bond acceptors (Lipinski definition) is 4. The van der Waals surface area contributed by atoms with Crippen molar-refractivity contribution in [2.75, 3.05) is 13.1 Å². The van der Waals surface area contributed by atoms with Crippen LogP contribution in [0.1, 0.15) is 30.0 Å². The quantitative estimate of drug-likeness (QED) is 0.735. The molecule has 0 unspecified atom stereocenters. The molecule has 128 valence electrons. The fraction of sp³-hybridized carbons (Fsp3) is 0.350. The predicted molar refractivity (Wildman–Crippen MR) is 97.9 cm³/mol. The van der Waals surface area contributed by atoms with E-state index >= 15 is 0 Å². The second kappa shape index (κ2) is 7.15. The van der Waals surface area contributed by atoms with Crippen molar-refractivity contribution in [3.8, 4) is 11.4 Å². The zero-order valence-corrected chi connectivity index (χ0v) is 14.5. The van der Waals surface area contributed by atoms with Crippen LogP contribution in [0.3, 0.4) is 0 Å². The first-order chi connectivity index (χ1) is 12.3. The Morgan fingerprint density at radius 1 is 1.00 bits per heavy atom. The summed E-state index contributed by atoms with van der Waals surface area (Å²) in [5.41, 5.74) is 3.60. The number of aryl methyl sites for hydroxylation is 1. The van der Waals surface area contributed by atoms with Crippen molar-refractivity contribution in [3.63, 3.8) is 0 Å². The molecule has 1 aromatic carbocycles. The highest BCUT2D eigenvalue weighted by atomic mass is 15.3. The molecule has 3 heterocycles. The summed E-state index contributed by atoms with van der Waals surface area (Å²) in [5, 5.41) is 4.30. The number of aromatic nitrogens is 4. The average molecular weight is 333 g/mol. The van der Waals surface area contributed by atoms with Gasteiger partial charge in [0.1, 0.15) is 0 Å². The third-order valence-electron chi connectivity index (χ3n) is 5.01. The molecule has 3 aromatic rings. The van der Waals surface area contributed by atoms with Crippen molar-refractivity contribution in [2.24, 2.45) is 7.05 Å². The maximum atomic E-state index is 4.53. The molecule has 0 atom stereocenters. The molecule has 0 bridgehead atoms. The third-order valence-corrected chi connectivity index (χ3v) is 5.01. The summed E-state index contributed by atoms with van der Waals surface area (Å²) < 4.78 is 2.01. The van der Waals surface area contributed by atoms with E-state index in [1.54, 1.807) is 0 Å². The fourth-order valence-corrected chi connectivity index (χ4v) is 3.60. The minimum atomic E-state index is 0.625. The Kier molecular flexibility index (Phi) is 4.57. The lowest BCUT2D eigenvalue weighted by Gasteiger charge is -2.31. The number of likely N-dealkylation sites (tertiary alicyclic amines) is 1. The number of nitrogens with zero attached hydrogens (tertiary/aromatic N) is 5. The van der Waals surface area contributed by atoms with Gasteiger partial charge in [0, 0.05) is 54.9 Å². The molecular weight excluding hydrogens is 310 g/mol. The highest BCUT2D eigenvalue weighted by Crippen LogP contribution is 2.28. The summed E-state index contributed by atoms with van der Waals surface area (Å²) in [4.78, 5) is 11.6. The van der Waals surface area contributed by atoms with Crippen LogP contribution in [-0.4, -0.2) is 37.7 Å². The van der Waals surface area contributed by atoms with Crippen LogP contribution in [0.15, 0.2) is 55.0 Å². The summed E-state index contributed by atoms with van der Waals surface area (Å²) >= 11 is 0. The van der Waals surface area contributed by atoms with Gasteiger partial charge in [-0.25, -0.2) is 9.97 Å². The van der Waals surface area contributed by atoms with Gasteiger partial charge >= 0.3 is 0 Å². The second-order valence-corrected chi connectivity index (χ2v) is 6.71. The van der Waals surface area contributed by atoms with Crippen LogP contribution in [-0.2, 0) is 13.6 Å². The normalized spacial score (nSPS) is 16.2. The molecule has 1 fully saturated rings. The Morgan fingerprint density at radius 3 is 2.36 bits per heavy atom. The highest BCUT2D eigenvalue weighted by Gasteiger charge is 2.22. The molecule has 0 radical (unpaired) electrons. The van der Waals surface area contributed by atoms with Crippen molar-refractivity contribution in [2.45, 2.75) is 25.3 Å². The van der Waals surface area contributed by atoms with E-state index in [-0.39, 0.29) is 0 Å². The van der Waals surface area contributed by atoms with Crippen molar-refractivity contribution >= 4 is 0 Å². The summed E-state index contributed by atoms with van der Waals surface area (Å²) in [6.07, 6.45) is 8.18. The van der Waals surface area contributed by atoms with E-state index in [4.69, 9.17) is 0 Å². The average Bonchev–Trinajstić information content (AvgIpc) is 3.10. The van der Waals surface area contributed by atoms with Gasteiger partial charge in [0.15, 0.2) is 5.82 Å². The fourth-order valence-electron chi connectivity index (χ4n) is 3.60. The van der Waals surface area contributed by atoms with Crippen LogP contribution in [0, 0.1) is 0 Å². The summed E-state index contributed by atoms with van der Waals surface area (Å²) in [6.45, 7) is 3.14. The van der Waals surface area contributed by atoms with Gasteiger partial charge in [-0.15, -0.1) is 0 Å². The van der Waals surface area contributed by atoms with Crippen molar-refractivity contribution in [1.29, 1.82) is 0 Å². The van der Waals surface area contributed by atoms with Gasteiger partial charge in [0.2, 0.25) is 0 Å². The first-order valence-corrected chi connectivity index (χ1v) is 8.86. The Hall–Kier alpha value is -2.53. The molecule has 0 amide bonds. The SMILES string of the molecule is Cn1nccc1C1CCN(Cc2cnc(-c3ccccc3)nc2)CC1. The highest BCUT2D eigenvalue weighted by molar-refractivity contribution is 5.53. The van der Waals surface area contributed by atoms with Crippen LogP contribution >= 0.6 is 0 Å². The predicted octanol–water partition coefficient (Wildman–Crippen LogP) is 3.26. The van der Waals surface area contributed by atoms with Gasteiger partial charge in [-0.1, -0.05) is 30.3 Å². The van der Waals surface area contributed by atoms with Gasteiger partial charge in [0.25, 0.3) is 0 Å². The van der Waals surface area contributed by atoms with E-state index in [0.29, 0.717) is 5.92 Å². The van der Waals surface area contributed by atoms with E-state index in [2.05, 4.69) is 26.0 Å². The molecule has 1 aliphatic heterocycles. The Balaban J connectivity index is 1.35. The van der Waals surface area contributed by atoms with E-state index < -0.39 is 0 Å². The van der Waals surface area contributed by atoms with E-state index in [1.807, 2.05) is 60.7 Å². The number of hydrogen-bond donors (Lipinski definition) is 0. The molecule has 0 spiro atoms. The molecule has 4 rings (SSSR count). The zero-order chi connectivity index (χ0) is 17.1. The number of rotatable bonds is 4. The van der Waals surface area contributed by atoms with Crippen LogP contribution in [0.5, 0.6) is 0 Å². The van der Waals surface area contributed by atoms with Crippen molar-refractivity contribution < 1.29 is 0 Å². The first-order valence-electron chi connectivity index (χ1n) is 8.86. The minimum Gasteiger partial charge on any atom is -0.299 e. The van der Waals surface area contributed by atoms with Gasteiger partial charge < -0.3 is 0 Å². The van der Waals surface area contributed by atoms with Crippen molar-refractivity contribution in [3.05, 3.63) is 66.2 Å². The largest absolute Gasteiger partial charge is 0.299 e. The Labute approximate surface area is 148 Å². The minimum absolute atomic E-state index is 0.625. The van der Waals surface area contributed by atoms with Gasteiger partial charge in [-0.3, -0.25) is 9.58 Å². The zero-order valence-electron chi connectivity index (χ0n) is 14.5. The molecule has 2 aromatic heterocycles. The van der Waals surface area contributed by atoms with Crippen LogP contribution in [0.25, 0.3) is 11.4 Å². The second-order valence-electron chi connectivity index (χ2n) is 6.71. The Bertz CT molecular complexity index is 802. The standard InChI is InChI=1S/C20H23N5/c1-24-19(7-10-23-24)17-8-11-25(12-9-17)15-16-13-21-20(22-14-16)18-5-3-2-4-6-18/h2-7,10,13-14,17H,8-9,11-12,15H2,1H3. The van der Waals surface area contributed by atoms with Gasteiger partial charge in [-0.2, -0.15) is 5.10 Å². The molecular formula is C20H23N5. The summed E-state index contributed by atoms with van der Waals surface area (Å²) in [5.74, 6) is 1.42. The Morgan fingerprint density at radius 2 is 1.72 bits per heavy atom. The lowest BCUT2D eigenvalue weighted by Crippen LogP contribution is -2.33. The summed E-state index contributed by atoms with van der Waals surface area (Å²) in [6, 6.07) is 12.3. The monoisotopic (exact) mass is 333 g/mol. The maximum absolute atomic E-state index is 4.53. The molecule has 0 aliphatic carbocycles. The number of piperidine rings is 1. The molecule has 0 saturated carbocycles. The number of benzene rings is 1. The third kappa shape index (κ3) is 3.61. The van der Waals surface area contributed by atoms with E-state index in [0.717, 1.165) is 31.0 Å². The molecule has 1 aliphatic rings. The van der Waals surface area contributed by atoms with Crippen LogP contribution < -0.4 is 0 Å². The van der Waals surface area contributed by atoms with E-state index in [1.165, 1.54) is 24.1 Å².